The second-order valence-corrected chi connectivity index (χ2v) is 7.18. The number of ether oxygens (including phenoxy) is 1. The molecule has 1 aromatic carbocycles. The smallest absolute Gasteiger partial charge is 0.352 e. The van der Waals surface area contributed by atoms with Crippen molar-refractivity contribution in [3.8, 4) is 5.75 Å². The van der Waals surface area contributed by atoms with Crippen LogP contribution in [0.1, 0.15) is 25.8 Å². The Morgan fingerprint density at radius 1 is 1.25 bits per heavy atom. The highest BCUT2D eigenvalue weighted by molar-refractivity contribution is 6.45. The van der Waals surface area contributed by atoms with Gasteiger partial charge in [-0.2, -0.15) is 0 Å². The lowest BCUT2D eigenvalue weighted by Gasteiger charge is -2.39. The quantitative estimate of drug-likeness (QED) is 0.106. The molecule has 1 aliphatic heterocycles. The highest BCUT2D eigenvalue weighted by atomic mass is 16.5. The summed E-state index contributed by atoms with van der Waals surface area (Å²) in [4.78, 5) is 47.8. The van der Waals surface area contributed by atoms with Crippen LogP contribution in [0, 0.1) is 0 Å². The first-order valence-electron chi connectivity index (χ1n) is 9.53. The van der Waals surface area contributed by atoms with Crippen LogP contribution in [0.25, 0.3) is 0 Å². The third-order valence-corrected chi connectivity index (χ3v) is 4.64. The number of nitrogens with zero attached hydrogens (tertiary/aromatic N) is 2. The number of hydrogen-bond donors (Lipinski definition) is 5. The summed E-state index contributed by atoms with van der Waals surface area (Å²) in [6.07, 6.45) is 0.103. The van der Waals surface area contributed by atoms with E-state index in [2.05, 4.69) is 10.5 Å². The number of likely N-dealkylation sites (tertiary alicyclic amines) is 1. The number of rotatable bonds is 10. The Labute approximate surface area is 182 Å². The van der Waals surface area contributed by atoms with E-state index < -0.39 is 35.8 Å². The first-order valence-corrected chi connectivity index (χ1v) is 9.53. The second-order valence-electron chi connectivity index (χ2n) is 7.18. The van der Waals surface area contributed by atoms with Gasteiger partial charge in [-0.25, -0.2) is 4.79 Å². The number of carboxylic acid groups (broad SMARTS) is 2. The Balaban J connectivity index is 1.96. The zero-order valence-corrected chi connectivity index (χ0v) is 17.4. The Bertz CT molecular complexity index is 966. The lowest BCUT2D eigenvalue weighted by Crippen LogP contribution is -2.64. The van der Waals surface area contributed by atoms with Gasteiger partial charge >= 0.3 is 11.9 Å². The molecular formula is C20H24N4O8. The molecule has 1 fully saturated rings. The molecule has 1 heterocycles. The van der Waals surface area contributed by atoms with Crippen molar-refractivity contribution in [2.45, 2.75) is 32.4 Å². The number of allylic oxidation sites excluding steroid dienone is 1. The number of hydrogen-bond acceptors (Lipinski definition) is 8. The van der Waals surface area contributed by atoms with E-state index in [9.17, 15) is 29.5 Å². The van der Waals surface area contributed by atoms with Crippen molar-refractivity contribution >= 4 is 29.5 Å². The van der Waals surface area contributed by atoms with Gasteiger partial charge in [-0.15, -0.1) is 0 Å². The summed E-state index contributed by atoms with van der Waals surface area (Å²) in [6.45, 7) is 3.17. The average molecular weight is 448 g/mol. The van der Waals surface area contributed by atoms with Gasteiger partial charge in [0.05, 0.1) is 13.2 Å². The fourth-order valence-corrected chi connectivity index (χ4v) is 2.93. The number of nitrogens with one attached hydrogen (secondary N) is 1. The molecule has 12 heteroatoms. The molecule has 0 aromatic heterocycles. The van der Waals surface area contributed by atoms with Crippen LogP contribution in [0.2, 0.25) is 0 Å². The molecule has 0 saturated carbocycles. The maximum atomic E-state index is 12.5. The molecule has 1 saturated heterocycles. The van der Waals surface area contributed by atoms with Crippen molar-refractivity contribution < 1.29 is 39.3 Å². The molecule has 2 amide bonds. The van der Waals surface area contributed by atoms with E-state index in [1.165, 1.54) is 24.3 Å². The van der Waals surface area contributed by atoms with E-state index in [1.807, 2.05) is 0 Å². The van der Waals surface area contributed by atoms with Crippen molar-refractivity contribution in [1.29, 1.82) is 0 Å². The number of β-lactam (4-membered cyclic amide) rings is 1. The van der Waals surface area contributed by atoms with Gasteiger partial charge in [0.15, 0.2) is 5.71 Å². The Morgan fingerprint density at radius 2 is 1.88 bits per heavy atom. The predicted molar refractivity (Wildman–Crippen MR) is 110 cm³/mol. The highest BCUT2D eigenvalue weighted by Crippen LogP contribution is 2.21. The first-order chi connectivity index (χ1) is 15.1. The monoisotopic (exact) mass is 448 g/mol. The standard InChI is InChI=1S/C20H24N4O8/c1-10(2)16(20(29)30)24-9-14(18(24)26)22-17(25)15(23-31)11-3-5-12(6-4-11)32-8-7-13(21)19(27)28/h3-6,13-14,31H,7-9,21H2,1-2H3,(H,22,25)(H,27,28)(H,29,30)/b23-15-. The number of oxime groups is 1. The fourth-order valence-electron chi connectivity index (χ4n) is 2.93. The maximum absolute atomic E-state index is 12.5. The molecule has 1 aromatic rings. The minimum Gasteiger partial charge on any atom is -0.494 e. The number of aliphatic carboxylic acids is 2. The van der Waals surface area contributed by atoms with E-state index >= 15 is 0 Å². The molecule has 0 bridgehead atoms. The third kappa shape index (κ3) is 5.60. The highest BCUT2D eigenvalue weighted by Gasteiger charge is 2.42. The van der Waals surface area contributed by atoms with Crippen molar-refractivity contribution in [2.75, 3.05) is 13.2 Å². The first kappa shape index (κ1) is 24.3. The number of carbonyl (C=O) groups excluding carboxylic acids is 2. The van der Waals surface area contributed by atoms with Crippen LogP contribution in [0.4, 0.5) is 0 Å². The molecule has 0 aliphatic carbocycles. The number of carboxylic acids is 2. The molecule has 0 radical (unpaired) electrons. The predicted octanol–water partition coefficient (Wildman–Crippen LogP) is -0.249. The summed E-state index contributed by atoms with van der Waals surface area (Å²) in [6, 6.07) is 3.88. The minimum atomic E-state index is -1.24. The van der Waals surface area contributed by atoms with Crippen LogP contribution in [0.3, 0.4) is 0 Å². The van der Waals surface area contributed by atoms with Crippen molar-refractivity contribution in [1.82, 2.24) is 10.2 Å². The van der Waals surface area contributed by atoms with Crippen LogP contribution < -0.4 is 15.8 Å². The van der Waals surface area contributed by atoms with Gasteiger partial charge in [0.2, 0.25) is 0 Å². The summed E-state index contributed by atoms with van der Waals surface area (Å²) in [5.41, 5.74) is 5.58. The summed E-state index contributed by atoms with van der Waals surface area (Å²) in [5, 5.41) is 32.7. The second kappa shape index (κ2) is 10.4. The molecular weight excluding hydrogens is 424 g/mol. The Kier molecular flexibility index (Phi) is 7.91. The van der Waals surface area contributed by atoms with Crippen molar-refractivity contribution in [3.05, 3.63) is 41.1 Å². The largest absolute Gasteiger partial charge is 0.494 e. The summed E-state index contributed by atoms with van der Waals surface area (Å²) < 4.78 is 5.38. The Morgan fingerprint density at radius 3 is 2.34 bits per heavy atom. The maximum Gasteiger partial charge on any atom is 0.352 e. The molecule has 6 N–H and O–H groups in total. The molecule has 172 valence electrons. The number of benzene rings is 1. The summed E-state index contributed by atoms with van der Waals surface area (Å²) in [7, 11) is 0. The minimum absolute atomic E-state index is 0.0264. The van der Waals surface area contributed by atoms with E-state index in [-0.39, 0.29) is 36.5 Å². The van der Waals surface area contributed by atoms with Crippen molar-refractivity contribution in [2.24, 2.45) is 10.9 Å². The van der Waals surface area contributed by atoms with Gasteiger partial charge in [0.25, 0.3) is 11.8 Å². The lowest BCUT2D eigenvalue weighted by molar-refractivity contribution is -0.148. The van der Waals surface area contributed by atoms with Gasteiger partial charge in [0, 0.05) is 12.0 Å². The van der Waals surface area contributed by atoms with Crippen LogP contribution in [-0.4, -0.2) is 75.0 Å². The molecule has 0 spiro atoms. The normalized spacial score (nSPS) is 16.6. The van der Waals surface area contributed by atoms with Crippen LogP contribution in [0.5, 0.6) is 5.75 Å². The zero-order chi connectivity index (χ0) is 24.0. The molecule has 2 unspecified atom stereocenters. The van der Waals surface area contributed by atoms with E-state index in [0.29, 0.717) is 11.3 Å². The zero-order valence-electron chi connectivity index (χ0n) is 17.4. The van der Waals surface area contributed by atoms with Crippen LogP contribution >= 0.6 is 0 Å². The summed E-state index contributed by atoms with van der Waals surface area (Å²) >= 11 is 0. The molecule has 1 aliphatic rings. The lowest BCUT2D eigenvalue weighted by atomic mass is 10.0. The topological polar surface area (TPSA) is 192 Å². The third-order valence-electron chi connectivity index (χ3n) is 4.64. The van der Waals surface area contributed by atoms with Crippen molar-refractivity contribution in [3.63, 3.8) is 0 Å². The van der Waals surface area contributed by atoms with Gasteiger partial charge in [-0.3, -0.25) is 14.4 Å². The number of amides is 2. The number of carbonyl (C=O) groups is 4. The van der Waals surface area contributed by atoms with Gasteiger partial charge in [-0.05, 0) is 43.7 Å². The Hall–Kier alpha value is -3.93. The van der Waals surface area contributed by atoms with Gasteiger partial charge in [0.1, 0.15) is 23.5 Å². The fraction of sp³-hybridized carbons (Fsp3) is 0.350. The summed E-state index contributed by atoms with van der Waals surface area (Å²) in [5.74, 6) is -3.39. The molecule has 2 atom stereocenters. The molecule has 32 heavy (non-hydrogen) atoms. The SMILES string of the molecule is CC(C)=C(C(=O)O)N1CC(NC(=O)/C(=N\O)c2ccc(OCCC(N)C(=O)O)cc2)C1=O. The average Bonchev–Trinajstić information content (AvgIpc) is 2.73. The molecule has 12 nitrogen and oxygen atoms in total. The van der Waals surface area contributed by atoms with Gasteiger partial charge < -0.3 is 36.1 Å². The number of nitrogens with two attached hydrogens (primary N) is 1. The van der Waals surface area contributed by atoms with E-state index in [1.54, 1.807) is 13.8 Å². The van der Waals surface area contributed by atoms with Gasteiger partial charge in [-0.1, -0.05) is 5.16 Å². The van der Waals surface area contributed by atoms with E-state index in [0.717, 1.165) is 4.90 Å². The van der Waals surface area contributed by atoms with Crippen LogP contribution in [-0.2, 0) is 19.2 Å². The molecule has 2 rings (SSSR count). The van der Waals surface area contributed by atoms with E-state index in [4.69, 9.17) is 15.6 Å². The van der Waals surface area contributed by atoms with Crippen LogP contribution in [0.15, 0.2) is 40.7 Å².